The number of hydrogen-bond donors (Lipinski definition) is 0. The van der Waals surface area contributed by atoms with Gasteiger partial charge in [0.1, 0.15) is 0 Å². The van der Waals surface area contributed by atoms with Crippen molar-refractivity contribution in [1.29, 1.82) is 0 Å². The van der Waals surface area contributed by atoms with Crippen LogP contribution < -0.4 is 0 Å². The Morgan fingerprint density at radius 2 is 2.14 bits per heavy atom. The molecule has 0 N–H and O–H groups in total. The Morgan fingerprint density at radius 3 is 2.67 bits per heavy atom. The van der Waals surface area contributed by atoms with Crippen molar-refractivity contribution in [2.24, 2.45) is 7.05 Å². The average molecular weight is 331 g/mol. The molecule has 0 unspecified atom stereocenters. The highest BCUT2D eigenvalue weighted by atomic mass is 32.2. The minimum absolute atomic E-state index is 0.0207. The third-order valence-corrected chi connectivity index (χ3v) is 6.48. The highest BCUT2D eigenvalue weighted by molar-refractivity contribution is 7.99. The molecule has 1 saturated carbocycles. The first-order valence-electron chi connectivity index (χ1n) is 6.83. The van der Waals surface area contributed by atoms with Gasteiger partial charge in [-0.25, -0.2) is 13.1 Å². The van der Waals surface area contributed by atoms with Crippen LogP contribution in [0.2, 0.25) is 0 Å². The number of nitrogens with zero attached hydrogens (tertiary/aromatic N) is 5. The summed E-state index contributed by atoms with van der Waals surface area (Å²) in [6.07, 6.45) is 2.50. The van der Waals surface area contributed by atoms with Crippen LogP contribution in [0.3, 0.4) is 0 Å². The van der Waals surface area contributed by atoms with E-state index >= 15 is 0 Å². The van der Waals surface area contributed by atoms with Crippen molar-refractivity contribution in [3.05, 3.63) is 0 Å². The fraction of sp³-hybridized carbons (Fsp3) is 0.818. The van der Waals surface area contributed by atoms with E-state index in [1.54, 1.807) is 11.9 Å². The Kier molecular flexibility index (Phi) is 3.91. The molecule has 2 fully saturated rings. The van der Waals surface area contributed by atoms with Crippen molar-refractivity contribution >= 4 is 27.5 Å². The molecule has 1 saturated heterocycles. The van der Waals surface area contributed by atoms with Gasteiger partial charge in [0, 0.05) is 19.1 Å². The van der Waals surface area contributed by atoms with Gasteiger partial charge in [-0.1, -0.05) is 11.8 Å². The number of aryl methyl sites for hydroxylation is 1. The van der Waals surface area contributed by atoms with Crippen molar-refractivity contribution < 1.29 is 13.2 Å². The third-order valence-electron chi connectivity index (χ3n) is 3.74. The zero-order valence-electron chi connectivity index (χ0n) is 11.7. The van der Waals surface area contributed by atoms with Crippen LogP contribution in [0.25, 0.3) is 0 Å². The molecule has 3 rings (SSSR count). The van der Waals surface area contributed by atoms with Gasteiger partial charge < -0.3 is 4.90 Å². The topological polar surface area (TPSA) is 98.1 Å². The van der Waals surface area contributed by atoms with E-state index in [1.165, 1.54) is 16.4 Å². The molecule has 1 aliphatic carbocycles. The lowest BCUT2D eigenvalue weighted by Gasteiger charge is -2.28. The highest BCUT2D eigenvalue weighted by Gasteiger charge is 2.41. The Morgan fingerprint density at radius 1 is 1.38 bits per heavy atom. The zero-order chi connectivity index (χ0) is 15.0. The third kappa shape index (κ3) is 3.37. The molecule has 1 aliphatic heterocycles. The van der Waals surface area contributed by atoms with E-state index in [1.807, 2.05) is 0 Å². The molecule has 21 heavy (non-hydrogen) atoms. The lowest BCUT2D eigenvalue weighted by molar-refractivity contribution is -0.130. The summed E-state index contributed by atoms with van der Waals surface area (Å²) >= 11 is 1.28. The second-order valence-corrected chi connectivity index (χ2v) is 8.63. The minimum Gasteiger partial charge on any atom is -0.335 e. The standard InChI is InChI=1S/C11H17N5O3S2/c1-15-11(12-13-14-15)20-6-10(17)16(8-2-3-8)9-4-5-21(18,19)7-9/h8-9H,2-7H2,1H3/t9-/m1/s1. The Labute approximate surface area is 127 Å². The number of thioether (sulfide) groups is 1. The molecule has 2 heterocycles. The van der Waals surface area contributed by atoms with E-state index in [-0.39, 0.29) is 35.2 Å². The fourth-order valence-electron chi connectivity index (χ4n) is 2.60. The van der Waals surface area contributed by atoms with Gasteiger partial charge in [-0.3, -0.25) is 4.79 Å². The maximum Gasteiger partial charge on any atom is 0.233 e. The van der Waals surface area contributed by atoms with E-state index < -0.39 is 9.84 Å². The number of carbonyl (C=O) groups excluding carboxylic acids is 1. The number of amides is 1. The average Bonchev–Trinajstić information content (AvgIpc) is 3.06. The Balaban J connectivity index is 1.64. The summed E-state index contributed by atoms with van der Waals surface area (Å²) in [5.74, 6) is 0.508. The van der Waals surface area contributed by atoms with Crippen molar-refractivity contribution in [2.75, 3.05) is 17.3 Å². The smallest absolute Gasteiger partial charge is 0.233 e. The van der Waals surface area contributed by atoms with Crippen LogP contribution in [0.4, 0.5) is 0 Å². The van der Waals surface area contributed by atoms with Gasteiger partial charge in [-0.2, -0.15) is 0 Å². The second kappa shape index (κ2) is 5.56. The number of rotatable bonds is 5. The summed E-state index contributed by atoms with van der Waals surface area (Å²) in [5, 5.41) is 11.6. The van der Waals surface area contributed by atoms with E-state index in [2.05, 4.69) is 15.5 Å². The molecule has 8 nitrogen and oxygen atoms in total. The van der Waals surface area contributed by atoms with Crippen LogP contribution in [-0.2, 0) is 21.7 Å². The SMILES string of the molecule is Cn1nnnc1SCC(=O)N(C1CC1)[C@@H]1CCS(=O)(=O)C1. The van der Waals surface area contributed by atoms with E-state index in [9.17, 15) is 13.2 Å². The largest absolute Gasteiger partial charge is 0.335 e. The first-order valence-corrected chi connectivity index (χ1v) is 9.64. The van der Waals surface area contributed by atoms with Gasteiger partial charge in [0.05, 0.1) is 17.3 Å². The minimum atomic E-state index is -2.98. The number of hydrogen-bond acceptors (Lipinski definition) is 7. The number of tetrazole rings is 1. The molecule has 0 spiro atoms. The molecule has 1 atom stereocenters. The number of aromatic nitrogens is 4. The van der Waals surface area contributed by atoms with Gasteiger partial charge in [0.15, 0.2) is 9.84 Å². The van der Waals surface area contributed by atoms with Gasteiger partial charge >= 0.3 is 0 Å². The van der Waals surface area contributed by atoms with Crippen LogP contribution >= 0.6 is 11.8 Å². The van der Waals surface area contributed by atoms with Crippen molar-refractivity contribution in [3.8, 4) is 0 Å². The number of carbonyl (C=O) groups is 1. The monoisotopic (exact) mass is 331 g/mol. The molecular formula is C11H17N5O3S2. The quantitative estimate of drug-likeness (QED) is 0.670. The summed E-state index contributed by atoms with van der Waals surface area (Å²) < 4.78 is 24.8. The van der Waals surface area contributed by atoms with Crippen molar-refractivity contribution in [1.82, 2.24) is 25.1 Å². The number of sulfone groups is 1. The summed E-state index contributed by atoms with van der Waals surface area (Å²) in [4.78, 5) is 14.3. The predicted molar refractivity (Wildman–Crippen MR) is 76.4 cm³/mol. The van der Waals surface area contributed by atoms with Gasteiger partial charge in [0.2, 0.25) is 11.1 Å². The lowest BCUT2D eigenvalue weighted by atomic mass is 10.2. The molecule has 0 radical (unpaired) electrons. The van der Waals surface area contributed by atoms with Crippen molar-refractivity contribution in [3.63, 3.8) is 0 Å². The van der Waals surface area contributed by atoms with E-state index in [0.29, 0.717) is 11.6 Å². The lowest BCUT2D eigenvalue weighted by Crippen LogP contribution is -2.43. The van der Waals surface area contributed by atoms with Crippen LogP contribution in [0.5, 0.6) is 0 Å². The molecular weight excluding hydrogens is 314 g/mol. The predicted octanol–water partition coefficient (Wildman–Crippen LogP) is -0.520. The summed E-state index contributed by atoms with van der Waals surface area (Å²) in [6, 6.07) is 0.0576. The zero-order valence-corrected chi connectivity index (χ0v) is 13.3. The molecule has 1 aromatic heterocycles. The first-order chi connectivity index (χ1) is 9.96. The first kappa shape index (κ1) is 14.8. The molecule has 1 aromatic rings. The molecule has 0 aromatic carbocycles. The van der Waals surface area contributed by atoms with Gasteiger partial charge in [-0.05, 0) is 29.7 Å². The summed E-state index contributed by atoms with van der Waals surface area (Å²) in [7, 11) is -1.26. The van der Waals surface area contributed by atoms with Crippen LogP contribution in [0, 0.1) is 0 Å². The van der Waals surface area contributed by atoms with E-state index in [4.69, 9.17) is 0 Å². The van der Waals surface area contributed by atoms with Gasteiger partial charge in [-0.15, -0.1) is 5.10 Å². The summed E-state index contributed by atoms with van der Waals surface area (Å²) in [6.45, 7) is 0. The fourth-order valence-corrected chi connectivity index (χ4v) is 5.03. The van der Waals surface area contributed by atoms with Gasteiger partial charge in [0.25, 0.3) is 0 Å². The van der Waals surface area contributed by atoms with Crippen LogP contribution in [0.1, 0.15) is 19.3 Å². The Hall–Kier alpha value is -1.16. The maximum atomic E-state index is 12.5. The molecule has 10 heteroatoms. The molecule has 1 amide bonds. The molecule has 116 valence electrons. The maximum absolute atomic E-state index is 12.5. The van der Waals surface area contributed by atoms with E-state index in [0.717, 1.165) is 12.8 Å². The normalized spacial score (nSPS) is 24.1. The van der Waals surface area contributed by atoms with Crippen molar-refractivity contribution in [2.45, 2.75) is 36.5 Å². The Bertz CT molecular complexity index is 640. The highest BCUT2D eigenvalue weighted by Crippen LogP contribution is 2.33. The summed E-state index contributed by atoms with van der Waals surface area (Å²) in [5.41, 5.74) is 0. The molecule has 2 aliphatic rings. The van der Waals surface area contributed by atoms with Crippen LogP contribution in [-0.4, -0.2) is 68.8 Å². The second-order valence-electron chi connectivity index (χ2n) is 5.46. The van der Waals surface area contributed by atoms with Crippen LogP contribution in [0.15, 0.2) is 5.16 Å². The molecule has 0 bridgehead atoms.